The van der Waals surface area contributed by atoms with Gasteiger partial charge in [-0.15, -0.1) is 0 Å². The molecule has 0 spiro atoms. The molecule has 1 atom stereocenters. The Morgan fingerprint density at radius 2 is 2.00 bits per heavy atom. The van der Waals surface area contributed by atoms with Gasteiger partial charge in [0.1, 0.15) is 23.1 Å². The second-order valence-electron chi connectivity index (χ2n) is 7.37. The first-order chi connectivity index (χ1) is 14.8. The Morgan fingerprint density at radius 3 is 2.71 bits per heavy atom. The number of nitrogens with one attached hydrogen (secondary N) is 2. The van der Waals surface area contributed by atoms with Crippen LogP contribution in [0.1, 0.15) is 48.3 Å². The van der Waals surface area contributed by atoms with Crippen LogP contribution in [0.4, 0.5) is 19.0 Å². The van der Waals surface area contributed by atoms with E-state index in [0.29, 0.717) is 47.9 Å². The van der Waals surface area contributed by atoms with E-state index in [1.54, 1.807) is 19.9 Å². The molecule has 1 aromatic carbocycles. The number of hydrogen-bond donors (Lipinski definition) is 2. The first-order valence-corrected chi connectivity index (χ1v) is 9.87. The van der Waals surface area contributed by atoms with Crippen molar-refractivity contribution in [3.8, 4) is 0 Å². The number of aryl methyl sites for hydroxylation is 1. The number of nitrogens with zero attached hydrogens (tertiary/aromatic N) is 2. The lowest BCUT2D eigenvalue weighted by Gasteiger charge is -2.19. The molecule has 0 radical (unpaired) electrons. The zero-order chi connectivity index (χ0) is 22.1. The highest BCUT2D eigenvalue weighted by molar-refractivity contribution is 5.89. The predicted octanol–water partition coefficient (Wildman–Crippen LogP) is 4.68. The molecular weight excluding hydrogens is 409 g/mol. The highest BCUT2D eigenvalue weighted by Crippen LogP contribution is 2.30. The molecule has 0 amide bonds. The van der Waals surface area contributed by atoms with Crippen LogP contribution in [-0.2, 0) is 4.74 Å². The number of aromatic nitrogens is 3. The summed E-state index contributed by atoms with van der Waals surface area (Å²) in [5.41, 5.74) is 0.875. The zero-order valence-electron chi connectivity index (χ0n) is 17.0. The van der Waals surface area contributed by atoms with E-state index in [-0.39, 0.29) is 11.1 Å². The number of halogens is 3. The van der Waals surface area contributed by atoms with Crippen LogP contribution in [0.5, 0.6) is 0 Å². The minimum absolute atomic E-state index is 0.0963. The standard InChI is InChI=1S/C22H21F3N4O2/c1-11(14-4-3-5-15(18(14)23)19(24)25)26-20-17-10-16(13-6-8-31-9-7-13)22(30)29-21(17)28-12(2)27-20/h3-6,10-11,19H,7-9H2,1-2H3,(H2,26,27,28,29,30). The number of hydrogen-bond acceptors (Lipinski definition) is 5. The fourth-order valence-electron chi connectivity index (χ4n) is 3.67. The maximum absolute atomic E-state index is 14.6. The van der Waals surface area contributed by atoms with Crippen molar-refractivity contribution in [1.29, 1.82) is 0 Å². The summed E-state index contributed by atoms with van der Waals surface area (Å²) in [6, 6.07) is 4.96. The predicted molar refractivity (Wildman–Crippen MR) is 112 cm³/mol. The van der Waals surface area contributed by atoms with Gasteiger partial charge in [0.05, 0.1) is 30.2 Å². The average Bonchev–Trinajstić information content (AvgIpc) is 2.73. The lowest BCUT2D eigenvalue weighted by Crippen LogP contribution is -2.17. The van der Waals surface area contributed by atoms with E-state index in [0.717, 1.165) is 11.6 Å². The summed E-state index contributed by atoms with van der Waals surface area (Å²) < 4.78 is 46.1. The molecule has 0 saturated heterocycles. The summed E-state index contributed by atoms with van der Waals surface area (Å²) >= 11 is 0. The summed E-state index contributed by atoms with van der Waals surface area (Å²) in [6.45, 7) is 4.28. The fourth-order valence-corrected chi connectivity index (χ4v) is 3.67. The van der Waals surface area contributed by atoms with Crippen molar-refractivity contribution in [2.45, 2.75) is 32.7 Å². The monoisotopic (exact) mass is 430 g/mol. The molecule has 0 fully saturated rings. The van der Waals surface area contributed by atoms with Crippen LogP contribution < -0.4 is 10.9 Å². The SMILES string of the molecule is Cc1nc(NC(C)c2cccc(C(F)F)c2F)c2cc(C3=CCOCC3)c(=O)[nH]c2n1. The second-order valence-corrected chi connectivity index (χ2v) is 7.37. The smallest absolute Gasteiger partial charge is 0.266 e. The Bertz CT molecular complexity index is 1220. The Kier molecular flexibility index (Phi) is 5.77. The zero-order valence-corrected chi connectivity index (χ0v) is 17.0. The Hall–Kier alpha value is -3.20. The third-order valence-corrected chi connectivity index (χ3v) is 5.25. The molecule has 1 unspecified atom stereocenters. The molecule has 1 aliphatic heterocycles. The van der Waals surface area contributed by atoms with Crippen LogP contribution in [0.25, 0.3) is 16.6 Å². The van der Waals surface area contributed by atoms with Crippen LogP contribution in [0.15, 0.2) is 35.1 Å². The number of fused-ring (bicyclic) bond motifs is 1. The first-order valence-electron chi connectivity index (χ1n) is 9.87. The first kappa shape index (κ1) is 21.0. The van der Waals surface area contributed by atoms with Gasteiger partial charge in [-0.2, -0.15) is 0 Å². The molecule has 0 saturated carbocycles. The maximum atomic E-state index is 14.6. The topological polar surface area (TPSA) is 79.9 Å². The number of anilines is 1. The van der Waals surface area contributed by atoms with Crippen molar-refractivity contribution >= 4 is 22.4 Å². The lowest BCUT2D eigenvalue weighted by molar-refractivity contribution is 0.146. The van der Waals surface area contributed by atoms with Crippen molar-refractivity contribution in [2.75, 3.05) is 18.5 Å². The van der Waals surface area contributed by atoms with E-state index in [4.69, 9.17) is 4.74 Å². The number of H-pyrrole nitrogens is 1. The quantitative estimate of drug-likeness (QED) is 0.615. The van der Waals surface area contributed by atoms with Crippen molar-refractivity contribution in [2.24, 2.45) is 0 Å². The van der Waals surface area contributed by atoms with E-state index >= 15 is 0 Å². The van der Waals surface area contributed by atoms with Crippen molar-refractivity contribution in [3.05, 3.63) is 69.0 Å². The van der Waals surface area contributed by atoms with E-state index in [1.165, 1.54) is 12.1 Å². The van der Waals surface area contributed by atoms with Gasteiger partial charge in [0, 0.05) is 11.1 Å². The molecule has 3 heterocycles. The maximum Gasteiger partial charge on any atom is 0.266 e. The van der Waals surface area contributed by atoms with Crippen molar-refractivity contribution < 1.29 is 17.9 Å². The third-order valence-electron chi connectivity index (χ3n) is 5.25. The molecule has 2 N–H and O–H groups in total. The summed E-state index contributed by atoms with van der Waals surface area (Å²) in [5, 5.41) is 3.64. The third kappa shape index (κ3) is 4.18. The second kappa shape index (κ2) is 8.50. The number of aromatic amines is 1. The summed E-state index contributed by atoms with van der Waals surface area (Å²) in [7, 11) is 0. The number of rotatable bonds is 5. The van der Waals surface area contributed by atoms with Crippen LogP contribution in [0, 0.1) is 12.7 Å². The molecule has 9 heteroatoms. The van der Waals surface area contributed by atoms with E-state index in [1.807, 2.05) is 6.08 Å². The van der Waals surface area contributed by atoms with Gasteiger partial charge in [0.15, 0.2) is 0 Å². The molecule has 4 rings (SSSR count). The number of ether oxygens (including phenoxy) is 1. The van der Waals surface area contributed by atoms with Crippen molar-refractivity contribution in [1.82, 2.24) is 15.0 Å². The molecule has 0 aliphatic carbocycles. The highest BCUT2D eigenvalue weighted by Gasteiger charge is 2.21. The van der Waals surface area contributed by atoms with E-state index in [2.05, 4.69) is 20.3 Å². The molecule has 162 valence electrons. The fraction of sp³-hybridized carbons (Fsp3) is 0.318. The number of benzene rings is 1. The van der Waals surface area contributed by atoms with Gasteiger partial charge in [0.2, 0.25) is 0 Å². The number of alkyl halides is 2. The van der Waals surface area contributed by atoms with Gasteiger partial charge in [-0.25, -0.2) is 23.1 Å². The summed E-state index contributed by atoms with van der Waals surface area (Å²) in [5.74, 6) is -0.172. The van der Waals surface area contributed by atoms with Crippen molar-refractivity contribution in [3.63, 3.8) is 0 Å². The van der Waals surface area contributed by atoms with Gasteiger partial charge in [-0.3, -0.25) is 4.79 Å². The van der Waals surface area contributed by atoms with Crippen LogP contribution in [0.2, 0.25) is 0 Å². The van der Waals surface area contributed by atoms with Crippen LogP contribution in [0.3, 0.4) is 0 Å². The Labute approximate surface area is 176 Å². The van der Waals surface area contributed by atoms with Gasteiger partial charge < -0.3 is 15.0 Å². The number of pyridine rings is 1. The van der Waals surface area contributed by atoms with Crippen LogP contribution >= 0.6 is 0 Å². The molecule has 6 nitrogen and oxygen atoms in total. The largest absolute Gasteiger partial charge is 0.377 e. The van der Waals surface area contributed by atoms with Gasteiger partial charge >= 0.3 is 0 Å². The lowest BCUT2D eigenvalue weighted by atomic mass is 10.0. The minimum Gasteiger partial charge on any atom is -0.377 e. The Balaban J connectivity index is 1.77. The molecule has 31 heavy (non-hydrogen) atoms. The highest BCUT2D eigenvalue weighted by atomic mass is 19.3. The van der Waals surface area contributed by atoms with Gasteiger partial charge in [-0.05, 0) is 31.9 Å². The van der Waals surface area contributed by atoms with E-state index < -0.39 is 23.8 Å². The molecule has 2 aromatic heterocycles. The molecule has 0 bridgehead atoms. The Morgan fingerprint density at radius 1 is 1.23 bits per heavy atom. The van der Waals surface area contributed by atoms with Gasteiger partial charge in [-0.1, -0.05) is 24.3 Å². The molecular formula is C22H21F3N4O2. The summed E-state index contributed by atoms with van der Waals surface area (Å²) in [4.78, 5) is 24.1. The van der Waals surface area contributed by atoms with E-state index in [9.17, 15) is 18.0 Å². The normalized spacial score (nSPS) is 15.2. The van der Waals surface area contributed by atoms with Gasteiger partial charge in [0.25, 0.3) is 12.0 Å². The van der Waals surface area contributed by atoms with Crippen LogP contribution in [-0.4, -0.2) is 28.2 Å². The minimum atomic E-state index is -2.91. The summed E-state index contributed by atoms with van der Waals surface area (Å²) in [6.07, 6.45) is -0.447. The average molecular weight is 430 g/mol. The molecule has 3 aromatic rings. The molecule has 1 aliphatic rings.